The van der Waals surface area contributed by atoms with Crippen molar-refractivity contribution in [2.45, 2.75) is 52.6 Å². The summed E-state index contributed by atoms with van der Waals surface area (Å²) in [6.45, 7) is 8.22. The lowest BCUT2D eigenvalue weighted by molar-refractivity contribution is 0.182. The summed E-state index contributed by atoms with van der Waals surface area (Å²) in [7, 11) is 1.71. The number of nitrogens with zero attached hydrogens (tertiary/aromatic N) is 4. The third-order valence-electron chi connectivity index (χ3n) is 4.37. The van der Waals surface area contributed by atoms with Crippen LogP contribution < -0.4 is 5.73 Å². The van der Waals surface area contributed by atoms with E-state index in [1.807, 2.05) is 11.6 Å². The summed E-state index contributed by atoms with van der Waals surface area (Å²) in [6, 6.07) is 0. The number of ether oxygens (including phenoxy) is 1. The number of nitrogens with two attached hydrogens (primary N) is 1. The molecule has 1 fully saturated rings. The first kappa shape index (κ1) is 16.8. The molecule has 0 saturated carbocycles. The van der Waals surface area contributed by atoms with E-state index in [4.69, 9.17) is 10.5 Å². The highest BCUT2D eigenvalue weighted by molar-refractivity contribution is 5.78. The Hall–Kier alpha value is -1.56. The lowest BCUT2D eigenvalue weighted by atomic mass is 10.2. The van der Waals surface area contributed by atoms with Crippen LogP contribution >= 0.6 is 0 Å². The van der Waals surface area contributed by atoms with Crippen molar-refractivity contribution in [1.82, 2.24) is 14.7 Å². The molecule has 1 aromatic heterocycles. The van der Waals surface area contributed by atoms with Crippen molar-refractivity contribution in [3.05, 3.63) is 17.0 Å². The summed E-state index contributed by atoms with van der Waals surface area (Å²) in [6.07, 6.45) is 5.02. The minimum atomic E-state index is 0.604. The molecule has 124 valence electrons. The largest absolute Gasteiger partial charge is 0.383 e. The Bertz CT molecular complexity index is 501. The molecule has 0 spiro atoms. The number of hydrogen-bond donors (Lipinski definition) is 1. The van der Waals surface area contributed by atoms with Gasteiger partial charge in [0.05, 0.1) is 25.4 Å². The van der Waals surface area contributed by atoms with Gasteiger partial charge in [-0.25, -0.2) is 4.99 Å². The van der Waals surface area contributed by atoms with Crippen LogP contribution in [-0.2, 0) is 17.8 Å². The van der Waals surface area contributed by atoms with Crippen LogP contribution in [0.3, 0.4) is 0 Å². The van der Waals surface area contributed by atoms with Crippen LogP contribution in [0.15, 0.2) is 4.99 Å². The second-order valence-electron chi connectivity index (χ2n) is 5.94. The fourth-order valence-electron chi connectivity index (χ4n) is 2.92. The molecule has 2 N–H and O–H groups in total. The number of guanidine groups is 1. The van der Waals surface area contributed by atoms with Gasteiger partial charge < -0.3 is 15.4 Å². The summed E-state index contributed by atoms with van der Waals surface area (Å²) in [4.78, 5) is 6.83. The molecule has 0 amide bonds. The number of aliphatic imine (C=N–C) groups is 1. The number of likely N-dealkylation sites (tertiary alicyclic amines) is 1. The van der Waals surface area contributed by atoms with Crippen molar-refractivity contribution in [3.8, 4) is 0 Å². The monoisotopic (exact) mass is 307 g/mol. The van der Waals surface area contributed by atoms with Crippen LogP contribution in [0, 0.1) is 13.8 Å². The summed E-state index contributed by atoms with van der Waals surface area (Å²) in [5, 5.41) is 4.57. The topological polar surface area (TPSA) is 68.7 Å². The minimum absolute atomic E-state index is 0.604. The maximum atomic E-state index is 6.18. The number of methoxy groups -OCH3 is 1. The van der Waals surface area contributed by atoms with Crippen LogP contribution in [0.5, 0.6) is 0 Å². The fraction of sp³-hybridized carbons (Fsp3) is 0.750. The Morgan fingerprint density at radius 1 is 1.23 bits per heavy atom. The van der Waals surface area contributed by atoms with E-state index in [0.717, 1.165) is 31.0 Å². The highest BCUT2D eigenvalue weighted by atomic mass is 16.5. The molecule has 6 heteroatoms. The first-order valence-electron chi connectivity index (χ1n) is 8.20. The average Bonchev–Trinajstić information content (AvgIpc) is 2.72. The van der Waals surface area contributed by atoms with Gasteiger partial charge >= 0.3 is 0 Å². The van der Waals surface area contributed by atoms with Gasteiger partial charge in [-0.05, 0) is 26.7 Å². The molecule has 1 aromatic rings. The smallest absolute Gasteiger partial charge is 0.191 e. The highest BCUT2D eigenvalue weighted by Gasteiger charge is 2.13. The molecule has 0 aromatic carbocycles. The molecule has 6 nitrogen and oxygen atoms in total. The van der Waals surface area contributed by atoms with Gasteiger partial charge in [0.1, 0.15) is 0 Å². The van der Waals surface area contributed by atoms with Crippen molar-refractivity contribution < 1.29 is 4.74 Å². The molecule has 0 radical (unpaired) electrons. The number of aromatic nitrogens is 2. The second kappa shape index (κ2) is 8.17. The molecular formula is C16H29N5O. The lowest BCUT2D eigenvalue weighted by Crippen LogP contribution is -2.38. The lowest BCUT2D eigenvalue weighted by Gasteiger charge is -2.21. The zero-order chi connectivity index (χ0) is 15.9. The van der Waals surface area contributed by atoms with E-state index < -0.39 is 0 Å². The maximum absolute atomic E-state index is 6.18. The summed E-state index contributed by atoms with van der Waals surface area (Å²) >= 11 is 0. The van der Waals surface area contributed by atoms with Crippen LogP contribution in [0.2, 0.25) is 0 Å². The predicted molar refractivity (Wildman–Crippen MR) is 88.9 cm³/mol. The van der Waals surface area contributed by atoms with E-state index >= 15 is 0 Å². The molecular weight excluding hydrogens is 278 g/mol. The standard InChI is InChI=1S/C16H29N5O/c1-13-15(14(2)21(19-13)10-11-22-3)12-18-16(17)20-8-6-4-5-7-9-20/h4-12H2,1-3H3,(H2,17,18). The number of aryl methyl sites for hydroxylation is 1. The summed E-state index contributed by atoms with van der Waals surface area (Å²) in [5.41, 5.74) is 9.54. The first-order chi connectivity index (χ1) is 10.6. The van der Waals surface area contributed by atoms with Gasteiger partial charge in [-0.3, -0.25) is 4.68 Å². The Morgan fingerprint density at radius 2 is 1.91 bits per heavy atom. The van der Waals surface area contributed by atoms with E-state index in [1.165, 1.54) is 31.2 Å². The molecule has 1 saturated heterocycles. The molecule has 2 rings (SSSR count). The Kier molecular flexibility index (Phi) is 6.24. The quantitative estimate of drug-likeness (QED) is 0.666. The van der Waals surface area contributed by atoms with Crippen molar-refractivity contribution in [1.29, 1.82) is 0 Å². The van der Waals surface area contributed by atoms with Crippen molar-refractivity contribution in [3.63, 3.8) is 0 Å². The third-order valence-corrected chi connectivity index (χ3v) is 4.37. The first-order valence-corrected chi connectivity index (χ1v) is 8.20. The fourth-order valence-corrected chi connectivity index (χ4v) is 2.92. The summed E-state index contributed by atoms with van der Waals surface area (Å²) < 4.78 is 7.12. The van der Waals surface area contributed by atoms with Gasteiger partial charge in [0.15, 0.2) is 5.96 Å². The van der Waals surface area contributed by atoms with Crippen molar-refractivity contribution in [2.24, 2.45) is 10.7 Å². The van der Waals surface area contributed by atoms with Crippen LogP contribution in [0.25, 0.3) is 0 Å². The van der Waals surface area contributed by atoms with Gasteiger partial charge in [0.25, 0.3) is 0 Å². The van der Waals surface area contributed by atoms with Gasteiger partial charge in [-0.1, -0.05) is 12.8 Å². The van der Waals surface area contributed by atoms with E-state index in [0.29, 0.717) is 19.1 Å². The highest BCUT2D eigenvalue weighted by Crippen LogP contribution is 2.15. The van der Waals surface area contributed by atoms with Gasteiger partial charge in [-0.15, -0.1) is 0 Å². The van der Waals surface area contributed by atoms with E-state index in [-0.39, 0.29) is 0 Å². The Morgan fingerprint density at radius 3 is 2.55 bits per heavy atom. The molecule has 1 aliphatic heterocycles. The maximum Gasteiger partial charge on any atom is 0.191 e. The van der Waals surface area contributed by atoms with Gasteiger partial charge in [-0.2, -0.15) is 5.10 Å². The second-order valence-corrected chi connectivity index (χ2v) is 5.94. The molecule has 2 heterocycles. The van der Waals surface area contributed by atoms with E-state index in [9.17, 15) is 0 Å². The molecule has 22 heavy (non-hydrogen) atoms. The Labute approximate surface area is 133 Å². The molecule has 0 unspecified atom stereocenters. The van der Waals surface area contributed by atoms with E-state index in [1.54, 1.807) is 7.11 Å². The third kappa shape index (κ3) is 4.22. The Balaban J connectivity index is 2.03. The molecule has 0 aliphatic carbocycles. The average molecular weight is 307 g/mol. The SMILES string of the molecule is COCCn1nc(C)c(CN=C(N)N2CCCCCC2)c1C. The van der Waals surface area contributed by atoms with Gasteiger partial charge in [0.2, 0.25) is 0 Å². The van der Waals surface area contributed by atoms with Gasteiger partial charge in [0, 0.05) is 31.5 Å². The van der Waals surface area contributed by atoms with Crippen LogP contribution in [0.4, 0.5) is 0 Å². The van der Waals surface area contributed by atoms with Crippen LogP contribution in [-0.4, -0.2) is 47.4 Å². The number of hydrogen-bond acceptors (Lipinski definition) is 3. The normalized spacial score (nSPS) is 16.9. The molecule has 0 bridgehead atoms. The minimum Gasteiger partial charge on any atom is -0.383 e. The zero-order valence-electron chi connectivity index (χ0n) is 14.1. The van der Waals surface area contributed by atoms with Crippen molar-refractivity contribution in [2.75, 3.05) is 26.8 Å². The molecule has 0 atom stereocenters. The van der Waals surface area contributed by atoms with E-state index in [2.05, 4.69) is 21.9 Å². The zero-order valence-corrected chi connectivity index (χ0v) is 14.1. The number of rotatable bonds is 5. The summed E-state index contributed by atoms with van der Waals surface area (Å²) in [5.74, 6) is 0.672. The predicted octanol–water partition coefficient (Wildman–Crippen LogP) is 1.84. The van der Waals surface area contributed by atoms with Crippen molar-refractivity contribution >= 4 is 5.96 Å². The van der Waals surface area contributed by atoms with Crippen LogP contribution in [0.1, 0.15) is 42.6 Å². The molecule has 1 aliphatic rings.